The maximum atomic E-state index is 5.28. The van der Waals surface area contributed by atoms with Crippen molar-refractivity contribution in [3.8, 4) is 0 Å². The van der Waals surface area contributed by atoms with Crippen LogP contribution in [0.1, 0.15) is 26.7 Å². The molecule has 0 aliphatic carbocycles. The van der Waals surface area contributed by atoms with E-state index in [1.807, 2.05) is 0 Å². The number of allylic oxidation sites excluding steroid dienone is 1. The average molecular weight is 112 g/mol. The summed E-state index contributed by atoms with van der Waals surface area (Å²) in [6.07, 6.45) is 6.16. The molecule has 8 heavy (non-hydrogen) atoms. The number of hydrogen-bond donors (Lipinski definition) is 0. The van der Waals surface area contributed by atoms with Gasteiger partial charge < -0.3 is 4.74 Å². The number of ether oxygens (including phenoxy) is 1. The van der Waals surface area contributed by atoms with Gasteiger partial charge in [-0.2, -0.15) is 0 Å². The second kappa shape index (κ2) is 1.81. The van der Waals surface area contributed by atoms with Crippen molar-refractivity contribution in [1.29, 1.82) is 0 Å². The van der Waals surface area contributed by atoms with Crippen LogP contribution in [0, 0.1) is 0 Å². The molecule has 0 aromatic heterocycles. The SMILES string of the molecule is CC1(C)CCC=CO1. The summed E-state index contributed by atoms with van der Waals surface area (Å²) < 4.78 is 5.28. The molecule has 0 aromatic carbocycles. The summed E-state index contributed by atoms with van der Waals surface area (Å²) in [5.41, 5.74) is 0.0920. The molecule has 0 saturated carbocycles. The van der Waals surface area contributed by atoms with Crippen LogP contribution in [-0.2, 0) is 4.74 Å². The molecule has 0 unspecified atom stereocenters. The molecule has 1 aliphatic rings. The van der Waals surface area contributed by atoms with Crippen molar-refractivity contribution in [3.63, 3.8) is 0 Å². The smallest absolute Gasteiger partial charge is 0.103 e. The van der Waals surface area contributed by atoms with Gasteiger partial charge in [0, 0.05) is 0 Å². The predicted molar refractivity (Wildman–Crippen MR) is 33.5 cm³/mol. The minimum atomic E-state index is 0.0920. The zero-order chi connectivity index (χ0) is 6.04. The fourth-order valence-corrected chi connectivity index (χ4v) is 0.790. The minimum absolute atomic E-state index is 0.0920. The second-order valence-electron chi connectivity index (χ2n) is 2.79. The third-order valence-electron chi connectivity index (χ3n) is 1.40. The normalized spacial score (nSPS) is 24.8. The second-order valence-corrected chi connectivity index (χ2v) is 2.79. The van der Waals surface area contributed by atoms with Crippen LogP contribution in [-0.4, -0.2) is 5.60 Å². The summed E-state index contributed by atoms with van der Waals surface area (Å²) in [7, 11) is 0. The van der Waals surface area contributed by atoms with Crippen molar-refractivity contribution in [1.82, 2.24) is 0 Å². The van der Waals surface area contributed by atoms with Crippen molar-refractivity contribution < 1.29 is 4.74 Å². The Bertz CT molecular complexity index is 103. The van der Waals surface area contributed by atoms with E-state index in [-0.39, 0.29) is 5.60 Å². The first-order valence-electron chi connectivity index (χ1n) is 3.03. The van der Waals surface area contributed by atoms with Crippen LogP contribution in [0.4, 0.5) is 0 Å². The third kappa shape index (κ3) is 1.25. The maximum absolute atomic E-state index is 5.28. The summed E-state index contributed by atoms with van der Waals surface area (Å²) in [5.74, 6) is 0. The summed E-state index contributed by atoms with van der Waals surface area (Å²) >= 11 is 0. The quantitative estimate of drug-likeness (QED) is 0.466. The van der Waals surface area contributed by atoms with E-state index < -0.39 is 0 Å². The molecule has 0 amide bonds. The molecule has 0 bridgehead atoms. The lowest BCUT2D eigenvalue weighted by Gasteiger charge is -2.26. The van der Waals surface area contributed by atoms with Crippen molar-refractivity contribution in [2.24, 2.45) is 0 Å². The first-order chi connectivity index (χ1) is 3.71. The highest BCUT2D eigenvalue weighted by atomic mass is 16.5. The summed E-state index contributed by atoms with van der Waals surface area (Å²) in [6, 6.07) is 0. The van der Waals surface area contributed by atoms with Gasteiger partial charge in [0.25, 0.3) is 0 Å². The molecule has 1 aliphatic heterocycles. The predicted octanol–water partition coefficient (Wildman–Crippen LogP) is 2.09. The van der Waals surface area contributed by atoms with Gasteiger partial charge in [-0.15, -0.1) is 0 Å². The molecule has 1 heteroatoms. The number of rotatable bonds is 0. The average Bonchev–Trinajstić information content (AvgIpc) is 1.65. The van der Waals surface area contributed by atoms with Crippen LogP contribution in [0.5, 0.6) is 0 Å². The third-order valence-corrected chi connectivity index (χ3v) is 1.40. The van der Waals surface area contributed by atoms with Gasteiger partial charge in [-0.25, -0.2) is 0 Å². The van der Waals surface area contributed by atoms with Gasteiger partial charge in [0.2, 0.25) is 0 Å². The largest absolute Gasteiger partial charge is 0.496 e. The lowest BCUT2D eigenvalue weighted by molar-refractivity contribution is 0.0396. The van der Waals surface area contributed by atoms with Crippen molar-refractivity contribution in [2.45, 2.75) is 32.3 Å². The van der Waals surface area contributed by atoms with Gasteiger partial charge >= 0.3 is 0 Å². The fraction of sp³-hybridized carbons (Fsp3) is 0.714. The van der Waals surface area contributed by atoms with Crippen LogP contribution in [0.3, 0.4) is 0 Å². The van der Waals surface area contributed by atoms with Crippen LogP contribution in [0.15, 0.2) is 12.3 Å². The zero-order valence-corrected chi connectivity index (χ0v) is 5.48. The first kappa shape index (κ1) is 5.67. The van der Waals surface area contributed by atoms with E-state index in [4.69, 9.17) is 4.74 Å². The Kier molecular flexibility index (Phi) is 1.28. The van der Waals surface area contributed by atoms with Gasteiger partial charge in [-0.1, -0.05) is 0 Å². The van der Waals surface area contributed by atoms with Crippen LogP contribution in [0.2, 0.25) is 0 Å². The molecule has 0 fully saturated rings. The number of hydrogen-bond acceptors (Lipinski definition) is 1. The monoisotopic (exact) mass is 112 g/mol. The van der Waals surface area contributed by atoms with Gasteiger partial charge in [-0.3, -0.25) is 0 Å². The molecule has 0 spiro atoms. The van der Waals surface area contributed by atoms with Gasteiger partial charge in [-0.05, 0) is 32.8 Å². The Labute approximate surface area is 50.3 Å². The molecule has 0 saturated heterocycles. The molecule has 0 radical (unpaired) electrons. The van der Waals surface area contributed by atoms with Gasteiger partial charge in [0.05, 0.1) is 6.26 Å². The standard InChI is InChI=1S/C7H12O/c1-7(2)5-3-4-6-8-7/h4,6H,3,5H2,1-2H3. The van der Waals surface area contributed by atoms with Crippen LogP contribution in [0.25, 0.3) is 0 Å². The van der Waals surface area contributed by atoms with E-state index >= 15 is 0 Å². The summed E-state index contributed by atoms with van der Waals surface area (Å²) in [6.45, 7) is 4.22. The topological polar surface area (TPSA) is 9.23 Å². The molecule has 0 atom stereocenters. The van der Waals surface area contributed by atoms with Crippen LogP contribution >= 0.6 is 0 Å². The molecular weight excluding hydrogens is 100 g/mol. The van der Waals surface area contributed by atoms with E-state index in [0.29, 0.717) is 0 Å². The van der Waals surface area contributed by atoms with Crippen molar-refractivity contribution in [2.75, 3.05) is 0 Å². The molecule has 46 valence electrons. The van der Waals surface area contributed by atoms with Crippen molar-refractivity contribution in [3.05, 3.63) is 12.3 Å². The Hall–Kier alpha value is -0.460. The summed E-state index contributed by atoms with van der Waals surface area (Å²) in [5, 5.41) is 0. The Morgan fingerprint density at radius 1 is 1.50 bits per heavy atom. The highest BCUT2D eigenvalue weighted by Gasteiger charge is 2.18. The highest BCUT2D eigenvalue weighted by molar-refractivity contribution is 4.86. The van der Waals surface area contributed by atoms with E-state index in [2.05, 4.69) is 19.9 Å². The maximum Gasteiger partial charge on any atom is 0.103 e. The lowest BCUT2D eigenvalue weighted by Crippen LogP contribution is -2.23. The highest BCUT2D eigenvalue weighted by Crippen LogP contribution is 2.20. The lowest BCUT2D eigenvalue weighted by atomic mass is 10.0. The van der Waals surface area contributed by atoms with Gasteiger partial charge in [0.15, 0.2) is 0 Å². The summed E-state index contributed by atoms with van der Waals surface area (Å²) in [4.78, 5) is 0. The Morgan fingerprint density at radius 3 is 2.50 bits per heavy atom. The van der Waals surface area contributed by atoms with E-state index in [1.54, 1.807) is 6.26 Å². The van der Waals surface area contributed by atoms with Gasteiger partial charge in [0.1, 0.15) is 5.60 Å². The first-order valence-corrected chi connectivity index (χ1v) is 3.03. The Balaban J connectivity index is 2.50. The minimum Gasteiger partial charge on any atom is -0.496 e. The van der Waals surface area contributed by atoms with E-state index in [9.17, 15) is 0 Å². The molecule has 1 rings (SSSR count). The molecular formula is C7H12O. The van der Waals surface area contributed by atoms with Crippen molar-refractivity contribution >= 4 is 0 Å². The molecule has 1 heterocycles. The van der Waals surface area contributed by atoms with Crippen LogP contribution < -0.4 is 0 Å². The van der Waals surface area contributed by atoms with E-state index in [1.165, 1.54) is 0 Å². The van der Waals surface area contributed by atoms with E-state index in [0.717, 1.165) is 12.8 Å². The zero-order valence-electron chi connectivity index (χ0n) is 5.48. The Morgan fingerprint density at radius 2 is 2.25 bits per heavy atom. The molecule has 1 nitrogen and oxygen atoms in total. The molecule has 0 aromatic rings. The fourth-order valence-electron chi connectivity index (χ4n) is 0.790. The molecule has 0 N–H and O–H groups in total.